The van der Waals surface area contributed by atoms with Crippen molar-refractivity contribution in [3.05, 3.63) is 53.5 Å². The van der Waals surface area contributed by atoms with Crippen molar-refractivity contribution in [3.63, 3.8) is 0 Å². The summed E-state index contributed by atoms with van der Waals surface area (Å²) in [6.45, 7) is 3.24. The molecule has 2 heterocycles. The van der Waals surface area contributed by atoms with Gasteiger partial charge in [-0.3, -0.25) is 4.79 Å². The lowest BCUT2D eigenvalue weighted by Crippen LogP contribution is -2.34. The second-order valence-corrected chi connectivity index (χ2v) is 10.7. The Hall–Kier alpha value is -2.49. The second-order valence-electron chi connectivity index (χ2n) is 7.69. The predicted octanol–water partition coefficient (Wildman–Crippen LogP) is 3.71. The summed E-state index contributed by atoms with van der Waals surface area (Å²) >= 11 is 1.59. The molecule has 1 fully saturated rings. The van der Waals surface area contributed by atoms with Gasteiger partial charge in [-0.15, -0.1) is 11.3 Å². The van der Waals surface area contributed by atoms with Gasteiger partial charge in [0.2, 0.25) is 15.9 Å². The van der Waals surface area contributed by atoms with Crippen molar-refractivity contribution in [2.75, 3.05) is 32.0 Å². The molecule has 1 aliphatic heterocycles. The Morgan fingerprint density at radius 2 is 1.84 bits per heavy atom. The summed E-state index contributed by atoms with van der Waals surface area (Å²) in [7, 11) is -1.66. The number of carbonyl (C=O) groups excluding carboxylic acids is 1. The Kier molecular flexibility index (Phi) is 6.27. The van der Waals surface area contributed by atoms with Crippen molar-refractivity contribution < 1.29 is 13.2 Å². The van der Waals surface area contributed by atoms with E-state index < -0.39 is 10.0 Å². The van der Waals surface area contributed by atoms with Gasteiger partial charge in [-0.1, -0.05) is 12.1 Å². The number of rotatable bonds is 7. The van der Waals surface area contributed by atoms with Crippen LogP contribution in [-0.2, 0) is 14.8 Å². The van der Waals surface area contributed by atoms with Gasteiger partial charge in [0.05, 0.1) is 27.7 Å². The Labute approximate surface area is 186 Å². The molecular weight excluding hydrogens is 432 g/mol. The molecule has 164 valence electrons. The van der Waals surface area contributed by atoms with Crippen LogP contribution in [0.2, 0.25) is 0 Å². The average Bonchev–Trinajstić information content (AvgIpc) is 3.47. The fourth-order valence-electron chi connectivity index (χ4n) is 3.58. The van der Waals surface area contributed by atoms with Gasteiger partial charge in [0.1, 0.15) is 5.01 Å². The van der Waals surface area contributed by atoms with Crippen LogP contribution in [-0.4, -0.2) is 55.2 Å². The fraction of sp³-hybridized carbons (Fsp3) is 0.364. The summed E-state index contributed by atoms with van der Waals surface area (Å²) in [6, 6.07) is 14.4. The van der Waals surface area contributed by atoms with Crippen LogP contribution >= 0.6 is 11.3 Å². The average molecular weight is 459 g/mol. The molecule has 9 heteroatoms. The molecule has 0 aliphatic carbocycles. The van der Waals surface area contributed by atoms with Crippen LogP contribution in [0, 0.1) is 0 Å². The maximum Gasteiger partial charge on any atom is 0.243 e. The Morgan fingerprint density at radius 3 is 2.52 bits per heavy atom. The van der Waals surface area contributed by atoms with Gasteiger partial charge in [0.25, 0.3) is 0 Å². The minimum Gasteiger partial charge on any atom is -0.376 e. The summed E-state index contributed by atoms with van der Waals surface area (Å²) in [6.07, 6.45) is 1.81. The van der Waals surface area contributed by atoms with E-state index in [4.69, 9.17) is 0 Å². The summed E-state index contributed by atoms with van der Waals surface area (Å²) in [5.74, 6) is -0.0690. The highest BCUT2D eigenvalue weighted by molar-refractivity contribution is 7.89. The SMILES string of the molecule is CC(c1nc2ccccc2s1)N(C)C(=O)CNc1ccc(S(=O)(=O)N2CCCC2)cc1. The highest BCUT2D eigenvalue weighted by Gasteiger charge is 2.27. The van der Waals surface area contributed by atoms with Crippen LogP contribution in [0.15, 0.2) is 53.4 Å². The molecule has 0 spiro atoms. The number of aromatic nitrogens is 1. The molecule has 0 radical (unpaired) electrons. The zero-order valence-electron chi connectivity index (χ0n) is 17.6. The highest BCUT2D eigenvalue weighted by atomic mass is 32.2. The topological polar surface area (TPSA) is 82.6 Å². The van der Waals surface area contributed by atoms with Crippen LogP contribution in [0.3, 0.4) is 0 Å². The maximum atomic E-state index is 12.7. The summed E-state index contributed by atoms with van der Waals surface area (Å²) in [5, 5.41) is 3.99. The second kappa shape index (κ2) is 8.94. The van der Waals surface area contributed by atoms with Crippen molar-refractivity contribution >= 4 is 43.2 Å². The third-order valence-corrected chi connectivity index (χ3v) is 8.76. The fourth-order valence-corrected chi connectivity index (χ4v) is 6.15. The molecule has 0 saturated carbocycles. The molecule has 1 N–H and O–H groups in total. The minimum absolute atomic E-state index is 0.0690. The summed E-state index contributed by atoms with van der Waals surface area (Å²) in [4.78, 5) is 19.3. The zero-order valence-corrected chi connectivity index (χ0v) is 19.2. The number of carbonyl (C=O) groups is 1. The first-order chi connectivity index (χ1) is 14.9. The van der Waals surface area contributed by atoms with E-state index in [1.165, 1.54) is 4.31 Å². The molecular formula is C22H26N4O3S2. The number of sulfonamides is 1. The first-order valence-corrected chi connectivity index (χ1v) is 12.6. The number of amides is 1. The van der Waals surface area contributed by atoms with Crippen molar-refractivity contribution in [2.24, 2.45) is 0 Å². The number of thiazole rings is 1. The number of fused-ring (bicyclic) bond motifs is 1. The molecule has 1 aliphatic rings. The molecule has 1 amide bonds. The van der Waals surface area contributed by atoms with Gasteiger partial charge in [0.15, 0.2) is 0 Å². The number of hydrogen-bond acceptors (Lipinski definition) is 6. The maximum absolute atomic E-state index is 12.7. The number of anilines is 1. The van der Waals surface area contributed by atoms with E-state index in [0.717, 1.165) is 28.1 Å². The van der Waals surface area contributed by atoms with E-state index >= 15 is 0 Å². The molecule has 0 bridgehead atoms. The Bertz CT molecular complexity index is 1140. The molecule has 1 unspecified atom stereocenters. The summed E-state index contributed by atoms with van der Waals surface area (Å²) in [5.41, 5.74) is 1.65. The van der Waals surface area contributed by atoms with Crippen LogP contribution in [0.5, 0.6) is 0 Å². The molecule has 31 heavy (non-hydrogen) atoms. The number of nitrogens with one attached hydrogen (secondary N) is 1. The van der Waals surface area contributed by atoms with Crippen LogP contribution in [0.25, 0.3) is 10.2 Å². The van der Waals surface area contributed by atoms with Crippen molar-refractivity contribution in [1.82, 2.24) is 14.2 Å². The van der Waals surface area contributed by atoms with Crippen LogP contribution in [0.1, 0.15) is 30.8 Å². The number of nitrogens with zero attached hydrogens (tertiary/aromatic N) is 3. The van der Waals surface area contributed by atoms with Crippen molar-refractivity contribution in [2.45, 2.75) is 30.7 Å². The van der Waals surface area contributed by atoms with Crippen molar-refractivity contribution in [3.8, 4) is 0 Å². The van der Waals surface area contributed by atoms with Gasteiger partial charge < -0.3 is 10.2 Å². The van der Waals surface area contributed by atoms with Gasteiger partial charge >= 0.3 is 0 Å². The number of para-hydroxylation sites is 1. The molecule has 7 nitrogen and oxygen atoms in total. The first kappa shape index (κ1) is 21.7. The predicted molar refractivity (Wildman–Crippen MR) is 124 cm³/mol. The molecule has 2 aromatic carbocycles. The Morgan fingerprint density at radius 1 is 1.16 bits per heavy atom. The summed E-state index contributed by atoms with van der Waals surface area (Å²) < 4.78 is 27.9. The molecule has 1 saturated heterocycles. The third kappa shape index (κ3) is 4.58. The van der Waals surface area contributed by atoms with Crippen molar-refractivity contribution in [1.29, 1.82) is 0 Å². The van der Waals surface area contributed by atoms with Gasteiger partial charge in [-0.25, -0.2) is 13.4 Å². The van der Waals surface area contributed by atoms with E-state index in [2.05, 4.69) is 10.3 Å². The normalized spacial score (nSPS) is 15.8. The zero-order chi connectivity index (χ0) is 22.0. The monoisotopic (exact) mass is 458 g/mol. The Balaban J connectivity index is 1.36. The first-order valence-electron chi connectivity index (χ1n) is 10.3. The van der Waals surface area contributed by atoms with E-state index in [1.54, 1.807) is 47.5 Å². The standard InChI is InChI=1S/C22H26N4O3S2/c1-16(22-24-19-7-3-4-8-20(19)30-22)25(2)21(27)15-23-17-9-11-18(12-10-17)31(28,29)26-13-5-6-14-26/h3-4,7-12,16,23H,5-6,13-15H2,1-2H3. The van der Waals surface area contributed by atoms with Gasteiger partial charge in [0, 0.05) is 25.8 Å². The molecule has 1 atom stereocenters. The lowest BCUT2D eigenvalue weighted by atomic mass is 10.3. The van der Waals surface area contributed by atoms with Gasteiger partial charge in [-0.05, 0) is 56.2 Å². The number of benzene rings is 2. The quantitative estimate of drug-likeness (QED) is 0.584. The van der Waals surface area contributed by atoms with E-state index in [9.17, 15) is 13.2 Å². The number of likely N-dealkylation sites (N-methyl/N-ethyl adjacent to an activating group) is 1. The molecule has 1 aromatic heterocycles. The minimum atomic E-state index is -3.43. The van der Waals surface area contributed by atoms with Crippen LogP contribution < -0.4 is 5.32 Å². The lowest BCUT2D eigenvalue weighted by Gasteiger charge is -2.23. The van der Waals surface area contributed by atoms with E-state index in [0.29, 0.717) is 18.8 Å². The van der Waals surface area contributed by atoms with E-state index in [-0.39, 0.29) is 23.4 Å². The lowest BCUT2D eigenvalue weighted by molar-refractivity contribution is -0.129. The van der Waals surface area contributed by atoms with Crippen LogP contribution in [0.4, 0.5) is 5.69 Å². The molecule has 3 aromatic rings. The molecule has 4 rings (SSSR count). The van der Waals surface area contributed by atoms with Gasteiger partial charge in [-0.2, -0.15) is 4.31 Å². The number of hydrogen-bond donors (Lipinski definition) is 1. The smallest absolute Gasteiger partial charge is 0.243 e. The largest absolute Gasteiger partial charge is 0.376 e. The highest BCUT2D eigenvalue weighted by Crippen LogP contribution is 2.29. The third-order valence-electron chi connectivity index (χ3n) is 5.64. The van der Waals surface area contributed by atoms with E-state index in [1.807, 2.05) is 31.2 Å².